The monoisotopic (exact) mass is 488 g/mol. The van der Waals surface area contributed by atoms with Gasteiger partial charge in [0.15, 0.2) is 0 Å². The van der Waals surface area contributed by atoms with Gasteiger partial charge >= 0.3 is 5.97 Å². The highest BCUT2D eigenvalue weighted by Gasteiger charge is 2.31. The first kappa shape index (κ1) is 27.5. The van der Waals surface area contributed by atoms with Gasteiger partial charge in [-0.25, -0.2) is 9.78 Å². The lowest BCUT2D eigenvalue weighted by Crippen LogP contribution is -2.59. The van der Waals surface area contributed by atoms with Crippen LogP contribution in [0.1, 0.15) is 25.1 Å². The number of H-pyrrole nitrogens is 1. The third-order valence-corrected chi connectivity index (χ3v) is 5.35. The largest absolute Gasteiger partial charge is 0.480 e. The van der Waals surface area contributed by atoms with Crippen LogP contribution in [0.2, 0.25) is 0 Å². The number of aromatic amines is 1. The zero-order chi connectivity index (χ0) is 26.0. The van der Waals surface area contributed by atoms with Gasteiger partial charge in [0.2, 0.25) is 17.7 Å². The van der Waals surface area contributed by atoms with E-state index in [1.54, 1.807) is 44.2 Å². The highest BCUT2D eigenvalue weighted by molar-refractivity contribution is 5.94. The first-order chi connectivity index (χ1) is 16.6. The Balaban J connectivity index is 2.15. The predicted molar refractivity (Wildman–Crippen MR) is 126 cm³/mol. The van der Waals surface area contributed by atoms with Gasteiger partial charge in [-0.2, -0.15) is 0 Å². The molecule has 0 aliphatic carbocycles. The molecule has 4 atom stereocenters. The Morgan fingerprint density at radius 2 is 1.54 bits per heavy atom. The molecule has 3 amide bonds. The third kappa shape index (κ3) is 8.50. The number of nitrogens with one attached hydrogen (secondary N) is 4. The van der Waals surface area contributed by atoms with Crippen LogP contribution in [0.3, 0.4) is 0 Å². The summed E-state index contributed by atoms with van der Waals surface area (Å²) in [6, 6.07) is 4.06. The van der Waals surface area contributed by atoms with E-state index < -0.39 is 54.5 Å². The zero-order valence-corrected chi connectivity index (χ0v) is 19.6. The van der Waals surface area contributed by atoms with Crippen molar-refractivity contribution in [3.8, 4) is 0 Å². The number of aromatic nitrogens is 2. The summed E-state index contributed by atoms with van der Waals surface area (Å²) in [6.45, 7) is 2.74. The Morgan fingerprint density at radius 3 is 2.09 bits per heavy atom. The first-order valence-corrected chi connectivity index (χ1v) is 11.1. The highest BCUT2D eigenvalue weighted by Crippen LogP contribution is 2.06. The van der Waals surface area contributed by atoms with Crippen LogP contribution in [-0.4, -0.2) is 74.6 Å². The molecule has 8 N–H and O–H groups in total. The number of carbonyl (C=O) groups excluding carboxylic acids is 3. The topological polar surface area (TPSA) is 200 Å². The molecule has 4 unspecified atom stereocenters. The minimum absolute atomic E-state index is 0.0349. The number of aliphatic carboxylic acids is 1. The molecule has 12 nitrogen and oxygen atoms in total. The molecule has 0 aliphatic rings. The van der Waals surface area contributed by atoms with Crippen molar-refractivity contribution in [2.24, 2.45) is 11.7 Å². The summed E-state index contributed by atoms with van der Waals surface area (Å²) in [5, 5.41) is 26.6. The molecular formula is C23H32N6O6. The molecule has 0 aliphatic heterocycles. The fourth-order valence-electron chi connectivity index (χ4n) is 3.18. The molecule has 2 aromatic rings. The van der Waals surface area contributed by atoms with Crippen LogP contribution in [0.25, 0.3) is 0 Å². The molecule has 1 aromatic carbocycles. The fourth-order valence-corrected chi connectivity index (χ4v) is 3.18. The SMILES string of the molecule is CC(C)C(N)C(=O)NC(CO)C(=O)NC(Cc1cnc[nH]1)C(=O)NC(Cc1ccccc1)C(=O)O. The summed E-state index contributed by atoms with van der Waals surface area (Å²) in [7, 11) is 0. The number of rotatable bonds is 13. The number of aliphatic hydroxyl groups is 1. The Hall–Kier alpha value is -3.77. The second-order valence-corrected chi connectivity index (χ2v) is 8.44. The van der Waals surface area contributed by atoms with Gasteiger partial charge in [-0.3, -0.25) is 14.4 Å². The van der Waals surface area contributed by atoms with Gasteiger partial charge in [-0.05, 0) is 11.5 Å². The molecule has 190 valence electrons. The van der Waals surface area contributed by atoms with Gasteiger partial charge in [0, 0.05) is 24.7 Å². The van der Waals surface area contributed by atoms with Crippen molar-refractivity contribution in [2.75, 3.05) is 6.61 Å². The molecule has 12 heteroatoms. The van der Waals surface area contributed by atoms with Crippen molar-refractivity contribution in [1.82, 2.24) is 25.9 Å². The molecular weight excluding hydrogens is 456 g/mol. The van der Waals surface area contributed by atoms with Gasteiger partial charge in [-0.15, -0.1) is 0 Å². The van der Waals surface area contributed by atoms with E-state index in [0.29, 0.717) is 11.3 Å². The lowest BCUT2D eigenvalue weighted by atomic mass is 10.0. The maximum atomic E-state index is 13.0. The Morgan fingerprint density at radius 1 is 0.943 bits per heavy atom. The van der Waals surface area contributed by atoms with Crippen LogP contribution >= 0.6 is 0 Å². The second kappa shape index (κ2) is 13.2. The number of benzene rings is 1. The summed E-state index contributed by atoms with van der Waals surface area (Å²) in [6.07, 6.45) is 2.85. The van der Waals surface area contributed by atoms with E-state index in [4.69, 9.17) is 5.73 Å². The Kier molecular flexibility index (Phi) is 10.4. The number of hydrogen-bond donors (Lipinski definition) is 7. The van der Waals surface area contributed by atoms with Crippen molar-refractivity contribution in [3.63, 3.8) is 0 Å². The smallest absolute Gasteiger partial charge is 0.326 e. The van der Waals surface area contributed by atoms with Crippen LogP contribution in [0, 0.1) is 5.92 Å². The maximum Gasteiger partial charge on any atom is 0.326 e. The molecule has 1 heterocycles. The summed E-state index contributed by atoms with van der Waals surface area (Å²) >= 11 is 0. The van der Waals surface area contributed by atoms with Gasteiger partial charge < -0.3 is 36.9 Å². The van der Waals surface area contributed by atoms with Crippen molar-refractivity contribution in [2.45, 2.75) is 50.9 Å². The maximum absolute atomic E-state index is 13.0. The molecule has 0 saturated carbocycles. The number of aliphatic hydroxyl groups excluding tert-OH is 1. The molecule has 35 heavy (non-hydrogen) atoms. The number of imidazole rings is 1. The minimum Gasteiger partial charge on any atom is -0.480 e. The van der Waals surface area contributed by atoms with Crippen molar-refractivity contribution >= 4 is 23.7 Å². The van der Waals surface area contributed by atoms with E-state index in [0.717, 1.165) is 0 Å². The van der Waals surface area contributed by atoms with E-state index in [9.17, 15) is 29.4 Å². The van der Waals surface area contributed by atoms with Crippen molar-refractivity contribution < 1.29 is 29.4 Å². The number of nitrogens with zero attached hydrogens (tertiary/aromatic N) is 1. The standard InChI is InChI=1S/C23H32N6O6/c1-13(2)19(24)22(33)29-18(11-30)21(32)27-16(9-15-10-25-12-26-15)20(31)28-17(23(34)35)8-14-6-4-3-5-7-14/h3-7,10,12-13,16-19,30H,8-9,11,24H2,1-2H3,(H,25,26)(H,27,32)(H,28,31)(H,29,33)(H,34,35). The molecule has 0 radical (unpaired) electrons. The predicted octanol–water partition coefficient (Wildman–Crippen LogP) is -1.29. The number of carbonyl (C=O) groups is 4. The van der Waals surface area contributed by atoms with E-state index in [-0.39, 0.29) is 18.8 Å². The molecule has 1 aromatic heterocycles. The molecule has 0 spiro atoms. The quantitative estimate of drug-likeness (QED) is 0.180. The van der Waals surface area contributed by atoms with Crippen LogP contribution in [0.4, 0.5) is 0 Å². The average Bonchev–Trinajstić information content (AvgIpc) is 3.34. The van der Waals surface area contributed by atoms with Crippen LogP contribution in [0.15, 0.2) is 42.9 Å². The lowest BCUT2D eigenvalue weighted by molar-refractivity contribution is -0.142. The minimum atomic E-state index is -1.36. The Labute approximate surface area is 202 Å². The second-order valence-electron chi connectivity index (χ2n) is 8.44. The fraction of sp³-hybridized carbons (Fsp3) is 0.435. The third-order valence-electron chi connectivity index (χ3n) is 5.35. The summed E-state index contributed by atoms with van der Waals surface area (Å²) in [5.74, 6) is -3.65. The van der Waals surface area contributed by atoms with Gasteiger partial charge in [0.25, 0.3) is 0 Å². The van der Waals surface area contributed by atoms with Crippen molar-refractivity contribution in [3.05, 3.63) is 54.1 Å². The molecule has 0 saturated heterocycles. The number of carboxylic acid groups (broad SMARTS) is 1. The van der Waals surface area contributed by atoms with Crippen LogP contribution in [-0.2, 0) is 32.0 Å². The van der Waals surface area contributed by atoms with Crippen LogP contribution in [0.5, 0.6) is 0 Å². The van der Waals surface area contributed by atoms with Gasteiger partial charge in [0.1, 0.15) is 18.1 Å². The number of carboxylic acids is 1. The number of hydrogen-bond acceptors (Lipinski definition) is 7. The van der Waals surface area contributed by atoms with E-state index >= 15 is 0 Å². The zero-order valence-electron chi connectivity index (χ0n) is 19.6. The Bertz CT molecular complexity index is 982. The van der Waals surface area contributed by atoms with E-state index in [2.05, 4.69) is 25.9 Å². The summed E-state index contributed by atoms with van der Waals surface area (Å²) in [4.78, 5) is 56.6. The number of amides is 3. The number of nitrogens with two attached hydrogens (primary N) is 1. The van der Waals surface area contributed by atoms with E-state index in [1.807, 2.05) is 0 Å². The lowest BCUT2D eigenvalue weighted by Gasteiger charge is -2.24. The average molecular weight is 489 g/mol. The van der Waals surface area contributed by atoms with Crippen LogP contribution < -0.4 is 21.7 Å². The molecule has 0 fully saturated rings. The van der Waals surface area contributed by atoms with Gasteiger partial charge in [0.05, 0.1) is 19.0 Å². The van der Waals surface area contributed by atoms with Gasteiger partial charge in [-0.1, -0.05) is 44.2 Å². The molecule has 2 rings (SSSR count). The molecule has 0 bridgehead atoms. The first-order valence-electron chi connectivity index (χ1n) is 11.1. The summed E-state index contributed by atoms with van der Waals surface area (Å²) < 4.78 is 0. The normalized spacial score (nSPS) is 14.4. The van der Waals surface area contributed by atoms with Crippen molar-refractivity contribution in [1.29, 1.82) is 0 Å². The highest BCUT2D eigenvalue weighted by atomic mass is 16.4. The van der Waals surface area contributed by atoms with E-state index in [1.165, 1.54) is 12.5 Å². The summed E-state index contributed by atoms with van der Waals surface area (Å²) in [5.41, 5.74) is 7.01.